The number of aromatic nitrogens is 3. The second kappa shape index (κ2) is 10.5. The van der Waals surface area contributed by atoms with Gasteiger partial charge in [-0.05, 0) is 58.0 Å². The molecule has 1 aromatic heterocycles. The van der Waals surface area contributed by atoms with E-state index in [0.29, 0.717) is 17.4 Å². The molecule has 2 aromatic rings. The molecule has 1 atom stereocenters. The Morgan fingerprint density at radius 1 is 1.27 bits per heavy atom. The number of ether oxygens (including phenoxy) is 1. The standard InChI is InChI=1S/C25H37N5O2Si/c1-8-29-14-9-10-20(17-29)26-23-25(31)30(18(2)3)24(28-27-23)21-12-11-19(16-22(21)32-4)13-15-33(5,6)7/h11-12,16,18,20H,8-10,14,17H2,1-7H3,(H,26,27)/t20-/m1/s1. The Kier molecular flexibility index (Phi) is 7.98. The molecule has 0 radical (unpaired) electrons. The number of likely N-dealkylation sites (N-methyl/N-ethyl adjacent to an activating group) is 1. The van der Waals surface area contributed by atoms with Gasteiger partial charge in [0.2, 0.25) is 5.82 Å². The zero-order chi connectivity index (χ0) is 24.2. The summed E-state index contributed by atoms with van der Waals surface area (Å²) in [6.45, 7) is 15.8. The van der Waals surface area contributed by atoms with Crippen molar-refractivity contribution >= 4 is 13.9 Å². The highest BCUT2D eigenvalue weighted by Gasteiger charge is 2.23. The van der Waals surface area contributed by atoms with Crippen molar-refractivity contribution in [2.75, 3.05) is 32.1 Å². The van der Waals surface area contributed by atoms with Crippen LogP contribution in [0.3, 0.4) is 0 Å². The highest BCUT2D eigenvalue weighted by Crippen LogP contribution is 2.30. The summed E-state index contributed by atoms with van der Waals surface area (Å²) in [5.41, 5.74) is 4.84. The molecule has 1 aliphatic rings. The first-order chi connectivity index (χ1) is 15.6. The SMILES string of the molecule is CCN1CCC[C@@H](Nc2nnc(-c3ccc(C#C[Si](C)(C)C)cc3OC)n(C(C)C)c2=O)C1. The highest BCUT2D eigenvalue weighted by atomic mass is 28.3. The lowest BCUT2D eigenvalue weighted by Gasteiger charge is -2.32. The number of methoxy groups -OCH3 is 1. The van der Waals surface area contributed by atoms with Crippen LogP contribution >= 0.6 is 0 Å². The molecular formula is C25H37N5O2Si. The average Bonchev–Trinajstić information content (AvgIpc) is 2.78. The second-order valence-electron chi connectivity index (χ2n) is 9.93. The van der Waals surface area contributed by atoms with Crippen molar-refractivity contribution in [2.24, 2.45) is 0 Å². The van der Waals surface area contributed by atoms with Gasteiger partial charge in [0.1, 0.15) is 13.8 Å². The summed E-state index contributed by atoms with van der Waals surface area (Å²) >= 11 is 0. The lowest BCUT2D eigenvalue weighted by atomic mass is 10.1. The van der Waals surface area contributed by atoms with Gasteiger partial charge in [-0.15, -0.1) is 15.7 Å². The summed E-state index contributed by atoms with van der Waals surface area (Å²) in [6, 6.07) is 5.90. The molecule has 0 spiro atoms. The first-order valence-corrected chi connectivity index (χ1v) is 15.3. The van der Waals surface area contributed by atoms with Crippen molar-refractivity contribution in [3.05, 3.63) is 34.1 Å². The zero-order valence-electron chi connectivity index (χ0n) is 21.0. The van der Waals surface area contributed by atoms with E-state index in [1.54, 1.807) is 11.7 Å². The van der Waals surface area contributed by atoms with Crippen molar-refractivity contribution in [2.45, 2.75) is 65.3 Å². The number of rotatable bonds is 6. The van der Waals surface area contributed by atoms with E-state index in [1.165, 1.54) is 0 Å². The van der Waals surface area contributed by atoms with Gasteiger partial charge in [0.15, 0.2) is 5.82 Å². The van der Waals surface area contributed by atoms with Crippen LogP contribution in [0, 0.1) is 11.5 Å². The number of nitrogens with zero attached hydrogens (tertiary/aromatic N) is 4. The molecule has 0 unspecified atom stereocenters. The fourth-order valence-corrected chi connectivity index (χ4v) is 4.54. The number of nitrogens with one attached hydrogen (secondary N) is 1. The van der Waals surface area contributed by atoms with Crippen molar-refractivity contribution in [1.82, 2.24) is 19.7 Å². The summed E-state index contributed by atoms with van der Waals surface area (Å²) in [7, 11) is 0.135. The van der Waals surface area contributed by atoms with Crippen molar-refractivity contribution in [3.63, 3.8) is 0 Å². The van der Waals surface area contributed by atoms with E-state index in [0.717, 1.165) is 43.6 Å². The third-order valence-corrected chi connectivity index (χ3v) is 6.60. The Hall–Kier alpha value is -2.63. The summed E-state index contributed by atoms with van der Waals surface area (Å²) in [5, 5.41) is 12.2. The van der Waals surface area contributed by atoms with Gasteiger partial charge in [-0.25, -0.2) is 0 Å². The van der Waals surface area contributed by atoms with E-state index in [1.807, 2.05) is 32.0 Å². The van der Waals surface area contributed by atoms with Crippen molar-refractivity contribution in [1.29, 1.82) is 0 Å². The van der Waals surface area contributed by atoms with Gasteiger partial charge in [0.05, 0.1) is 12.7 Å². The fourth-order valence-electron chi connectivity index (χ4n) is 4.02. The molecule has 1 saturated heterocycles. The van der Waals surface area contributed by atoms with Gasteiger partial charge >= 0.3 is 0 Å². The largest absolute Gasteiger partial charge is 0.496 e. The molecule has 178 valence electrons. The normalized spacial score (nSPS) is 16.9. The molecule has 0 aliphatic carbocycles. The molecule has 2 heterocycles. The van der Waals surface area contributed by atoms with Crippen LogP contribution in [0.2, 0.25) is 19.6 Å². The minimum absolute atomic E-state index is 0.0851. The molecule has 8 heteroatoms. The molecule has 1 aliphatic heterocycles. The predicted octanol–water partition coefficient (Wildman–Crippen LogP) is 4.02. The zero-order valence-corrected chi connectivity index (χ0v) is 22.0. The molecule has 0 amide bonds. The number of benzene rings is 1. The number of likely N-dealkylation sites (tertiary alicyclic amines) is 1. The third-order valence-electron chi connectivity index (χ3n) is 5.73. The number of piperidine rings is 1. The van der Waals surface area contributed by atoms with Gasteiger partial charge in [0, 0.05) is 24.2 Å². The quantitative estimate of drug-likeness (QED) is 0.511. The monoisotopic (exact) mass is 467 g/mol. The van der Waals surface area contributed by atoms with E-state index in [2.05, 4.69) is 58.4 Å². The predicted molar refractivity (Wildman–Crippen MR) is 138 cm³/mol. The topological polar surface area (TPSA) is 72.3 Å². The van der Waals surface area contributed by atoms with Crippen LogP contribution in [0.5, 0.6) is 5.75 Å². The second-order valence-corrected chi connectivity index (χ2v) is 14.7. The van der Waals surface area contributed by atoms with Crippen LogP contribution in [0.15, 0.2) is 23.0 Å². The molecular weight excluding hydrogens is 430 g/mol. The number of hydrogen-bond donors (Lipinski definition) is 1. The Morgan fingerprint density at radius 2 is 2.03 bits per heavy atom. The average molecular weight is 468 g/mol. The van der Waals surface area contributed by atoms with Gasteiger partial charge in [0.25, 0.3) is 5.56 Å². The van der Waals surface area contributed by atoms with Crippen LogP contribution in [0.1, 0.15) is 45.2 Å². The Labute approximate surface area is 198 Å². The van der Waals surface area contributed by atoms with Gasteiger partial charge in [-0.1, -0.05) is 32.5 Å². The first-order valence-electron chi connectivity index (χ1n) is 11.8. The maximum atomic E-state index is 13.4. The molecule has 0 saturated carbocycles. The lowest BCUT2D eigenvalue weighted by molar-refractivity contribution is 0.226. The van der Waals surface area contributed by atoms with E-state index in [9.17, 15) is 4.79 Å². The van der Waals surface area contributed by atoms with E-state index < -0.39 is 8.07 Å². The molecule has 1 N–H and O–H groups in total. The molecule has 1 aromatic carbocycles. The van der Waals surface area contributed by atoms with E-state index in [4.69, 9.17) is 4.74 Å². The molecule has 0 bridgehead atoms. The summed E-state index contributed by atoms with van der Waals surface area (Å²) < 4.78 is 7.36. The fraction of sp³-hybridized carbons (Fsp3) is 0.560. The first kappa shape index (κ1) is 25.0. The summed E-state index contributed by atoms with van der Waals surface area (Å²) in [5.74, 6) is 4.71. The van der Waals surface area contributed by atoms with Crippen molar-refractivity contribution in [3.8, 4) is 28.6 Å². The van der Waals surface area contributed by atoms with E-state index >= 15 is 0 Å². The smallest absolute Gasteiger partial charge is 0.297 e. The van der Waals surface area contributed by atoms with Crippen molar-refractivity contribution < 1.29 is 4.74 Å². The minimum atomic E-state index is -1.49. The summed E-state index contributed by atoms with van der Waals surface area (Å²) in [4.78, 5) is 15.8. The Bertz CT molecular complexity index is 1090. The summed E-state index contributed by atoms with van der Waals surface area (Å²) in [6.07, 6.45) is 2.13. The molecule has 1 fully saturated rings. The van der Waals surface area contributed by atoms with Crippen LogP contribution in [0.25, 0.3) is 11.4 Å². The maximum Gasteiger partial charge on any atom is 0.297 e. The molecule has 7 nitrogen and oxygen atoms in total. The van der Waals surface area contributed by atoms with Crippen LogP contribution in [-0.4, -0.2) is 60.5 Å². The molecule has 33 heavy (non-hydrogen) atoms. The highest BCUT2D eigenvalue weighted by molar-refractivity contribution is 6.83. The Morgan fingerprint density at radius 3 is 2.67 bits per heavy atom. The minimum Gasteiger partial charge on any atom is -0.496 e. The lowest BCUT2D eigenvalue weighted by Crippen LogP contribution is -2.43. The third kappa shape index (κ3) is 6.24. The van der Waals surface area contributed by atoms with Gasteiger partial charge in [-0.3, -0.25) is 9.36 Å². The van der Waals surface area contributed by atoms with Crippen LogP contribution < -0.4 is 15.6 Å². The molecule has 3 rings (SSSR count). The van der Waals surface area contributed by atoms with Gasteiger partial charge in [-0.2, -0.15) is 0 Å². The Balaban J connectivity index is 1.99. The number of anilines is 1. The number of hydrogen-bond acceptors (Lipinski definition) is 6. The van der Waals surface area contributed by atoms with E-state index in [-0.39, 0.29) is 17.6 Å². The van der Waals surface area contributed by atoms with Crippen LogP contribution in [-0.2, 0) is 0 Å². The van der Waals surface area contributed by atoms with Crippen LogP contribution in [0.4, 0.5) is 5.82 Å². The maximum absolute atomic E-state index is 13.4. The van der Waals surface area contributed by atoms with Gasteiger partial charge < -0.3 is 15.0 Å².